The molecule has 1 N–H and O–H groups in total. The summed E-state index contributed by atoms with van der Waals surface area (Å²) in [6.07, 6.45) is 5.89. The predicted molar refractivity (Wildman–Crippen MR) is 80.1 cm³/mol. The van der Waals surface area contributed by atoms with Crippen molar-refractivity contribution in [1.82, 2.24) is 15.5 Å². The van der Waals surface area contributed by atoms with Crippen molar-refractivity contribution in [2.24, 2.45) is 5.41 Å². The zero-order valence-electron chi connectivity index (χ0n) is 12.2. The van der Waals surface area contributed by atoms with E-state index in [-0.39, 0.29) is 11.3 Å². The van der Waals surface area contributed by atoms with Crippen molar-refractivity contribution in [2.75, 3.05) is 12.4 Å². The molecule has 1 heterocycles. The highest BCUT2D eigenvalue weighted by Crippen LogP contribution is 2.36. The largest absolute Gasteiger partial charge is 0.351 e. The number of alkyl halides is 1. The number of carbonyl (C=O) groups is 1. The van der Waals surface area contributed by atoms with Crippen molar-refractivity contribution in [3.05, 3.63) is 23.0 Å². The van der Waals surface area contributed by atoms with Gasteiger partial charge in [-0.2, -0.15) is 10.2 Å². The van der Waals surface area contributed by atoms with Gasteiger partial charge >= 0.3 is 0 Å². The number of rotatable bonds is 4. The first-order valence-corrected chi connectivity index (χ1v) is 7.75. The van der Waals surface area contributed by atoms with Crippen molar-refractivity contribution in [2.45, 2.75) is 46.0 Å². The minimum Gasteiger partial charge on any atom is -0.351 e. The average molecular weight is 296 g/mol. The zero-order chi connectivity index (χ0) is 14.6. The van der Waals surface area contributed by atoms with Gasteiger partial charge in [0.05, 0.1) is 17.0 Å². The number of amides is 1. The van der Waals surface area contributed by atoms with Crippen LogP contribution in [0.25, 0.3) is 0 Å². The average Bonchev–Trinajstić information content (AvgIpc) is 2.48. The molecule has 0 saturated heterocycles. The third-order valence-corrected chi connectivity index (χ3v) is 4.73. The van der Waals surface area contributed by atoms with Gasteiger partial charge in [0, 0.05) is 17.8 Å². The second kappa shape index (κ2) is 6.53. The molecule has 0 spiro atoms. The fourth-order valence-electron chi connectivity index (χ4n) is 2.80. The number of nitrogens with one attached hydrogen (secondary N) is 1. The van der Waals surface area contributed by atoms with Gasteiger partial charge in [-0.1, -0.05) is 19.3 Å². The van der Waals surface area contributed by atoms with Gasteiger partial charge in [0.2, 0.25) is 0 Å². The molecule has 0 atom stereocenters. The summed E-state index contributed by atoms with van der Waals surface area (Å²) in [5, 5.41) is 11.0. The molecule has 20 heavy (non-hydrogen) atoms. The summed E-state index contributed by atoms with van der Waals surface area (Å²) >= 11 is 6.15. The first-order valence-electron chi connectivity index (χ1n) is 7.21. The fraction of sp³-hybridized carbons (Fsp3) is 0.667. The zero-order valence-corrected chi connectivity index (χ0v) is 13.0. The van der Waals surface area contributed by atoms with E-state index in [0.29, 0.717) is 23.7 Å². The molecule has 0 unspecified atom stereocenters. The van der Waals surface area contributed by atoms with Crippen molar-refractivity contribution in [1.29, 1.82) is 0 Å². The molecule has 1 aromatic rings. The number of hydrogen-bond donors (Lipinski definition) is 1. The molecule has 0 radical (unpaired) electrons. The molecular weight excluding hydrogens is 274 g/mol. The van der Waals surface area contributed by atoms with Crippen LogP contribution < -0.4 is 5.32 Å². The molecule has 1 amide bonds. The molecule has 1 fully saturated rings. The van der Waals surface area contributed by atoms with Crippen LogP contribution >= 0.6 is 11.6 Å². The number of aryl methyl sites for hydroxylation is 2. The lowest BCUT2D eigenvalue weighted by Crippen LogP contribution is -2.40. The van der Waals surface area contributed by atoms with Crippen LogP contribution in [-0.2, 0) is 0 Å². The third-order valence-electron chi connectivity index (χ3n) is 4.17. The van der Waals surface area contributed by atoms with Crippen molar-refractivity contribution in [3.8, 4) is 0 Å². The van der Waals surface area contributed by atoms with Crippen LogP contribution in [0.4, 0.5) is 0 Å². The lowest BCUT2D eigenvalue weighted by molar-refractivity contribution is 0.0919. The minimum absolute atomic E-state index is 0.0683. The third kappa shape index (κ3) is 3.48. The highest BCUT2D eigenvalue weighted by molar-refractivity contribution is 6.18. The SMILES string of the molecule is Cc1cc(C(=O)NCC2(CCl)CCCCC2)c(C)nn1. The Morgan fingerprint density at radius 2 is 2.00 bits per heavy atom. The molecule has 0 aromatic carbocycles. The summed E-state index contributed by atoms with van der Waals surface area (Å²) < 4.78 is 0. The van der Waals surface area contributed by atoms with Gasteiger partial charge < -0.3 is 5.32 Å². The molecule has 1 aliphatic rings. The summed E-state index contributed by atoms with van der Waals surface area (Å²) in [5.41, 5.74) is 2.10. The lowest BCUT2D eigenvalue weighted by atomic mass is 9.75. The Morgan fingerprint density at radius 1 is 1.30 bits per heavy atom. The maximum absolute atomic E-state index is 12.3. The van der Waals surface area contributed by atoms with Crippen LogP contribution in [0.2, 0.25) is 0 Å². The van der Waals surface area contributed by atoms with Crippen LogP contribution in [0.15, 0.2) is 6.07 Å². The fourth-order valence-corrected chi connectivity index (χ4v) is 3.16. The van der Waals surface area contributed by atoms with E-state index >= 15 is 0 Å². The van der Waals surface area contributed by atoms with E-state index in [1.807, 2.05) is 6.92 Å². The topological polar surface area (TPSA) is 54.9 Å². The van der Waals surface area contributed by atoms with E-state index in [4.69, 9.17) is 11.6 Å². The monoisotopic (exact) mass is 295 g/mol. The first-order chi connectivity index (χ1) is 9.56. The van der Waals surface area contributed by atoms with Crippen LogP contribution in [0, 0.1) is 19.3 Å². The number of aromatic nitrogens is 2. The van der Waals surface area contributed by atoms with Crippen molar-refractivity contribution >= 4 is 17.5 Å². The summed E-state index contributed by atoms with van der Waals surface area (Å²) in [7, 11) is 0. The minimum atomic E-state index is -0.0736. The Kier molecular flexibility index (Phi) is 4.97. The molecule has 4 nitrogen and oxygen atoms in total. The normalized spacial score (nSPS) is 17.8. The highest BCUT2D eigenvalue weighted by Gasteiger charge is 2.31. The molecule has 110 valence electrons. The Morgan fingerprint density at radius 3 is 2.65 bits per heavy atom. The van der Waals surface area contributed by atoms with Gasteiger partial charge in [-0.15, -0.1) is 11.6 Å². The Balaban J connectivity index is 2.02. The van der Waals surface area contributed by atoms with Crippen LogP contribution in [-0.4, -0.2) is 28.5 Å². The lowest BCUT2D eigenvalue weighted by Gasteiger charge is -2.35. The van der Waals surface area contributed by atoms with Crippen LogP contribution in [0.3, 0.4) is 0 Å². The molecule has 2 rings (SSSR count). The highest BCUT2D eigenvalue weighted by atomic mass is 35.5. The predicted octanol–water partition coefficient (Wildman–Crippen LogP) is 3.01. The molecule has 1 aliphatic carbocycles. The van der Waals surface area contributed by atoms with E-state index in [9.17, 15) is 4.79 Å². The van der Waals surface area contributed by atoms with E-state index in [2.05, 4.69) is 15.5 Å². The quantitative estimate of drug-likeness (QED) is 0.869. The van der Waals surface area contributed by atoms with Gasteiger partial charge in [-0.05, 0) is 32.8 Å². The molecule has 0 aliphatic heterocycles. The van der Waals surface area contributed by atoms with Gasteiger partial charge in [0.15, 0.2) is 0 Å². The second-order valence-electron chi connectivity index (χ2n) is 5.86. The van der Waals surface area contributed by atoms with Crippen molar-refractivity contribution < 1.29 is 4.79 Å². The smallest absolute Gasteiger partial charge is 0.253 e. The molecule has 1 aromatic heterocycles. The molecule has 5 heteroatoms. The van der Waals surface area contributed by atoms with E-state index in [1.54, 1.807) is 13.0 Å². The van der Waals surface area contributed by atoms with Gasteiger partial charge in [0.25, 0.3) is 5.91 Å². The Bertz CT molecular complexity index is 484. The summed E-state index contributed by atoms with van der Waals surface area (Å²) in [6.45, 7) is 4.29. The van der Waals surface area contributed by atoms with Crippen LogP contribution in [0.5, 0.6) is 0 Å². The molecular formula is C15H22ClN3O. The second-order valence-corrected chi connectivity index (χ2v) is 6.13. The molecule has 1 saturated carbocycles. The summed E-state index contributed by atoms with van der Waals surface area (Å²) in [6, 6.07) is 1.78. The maximum atomic E-state index is 12.3. The van der Waals surface area contributed by atoms with Gasteiger partial charge in [-0.3, -0.25) is 4.79 Å². The van der Waals surface area contributed by atoms with E-state index < -0.39 is 0 Å². The summed E-state index contributed by atoms with van der Waals surface area (Å²) in [4.78, 5) is 12.3. The van der Waals surface area contributed by atoms with E-state index in [0.717, 1.165) is 18.5 Å². The summed E-state index contributed by atoms with van der Waals surface area (Å²) in [5.74, 6) is 0.537. The number of halogens is 1. The van der Waals surface area contributed by atoms with Gasteiger partial charge in [-0.25, -0.2) is 0 Å². The number of nitrogens with zero attached hydrogens (tertiary/aromatic N) is 2. The van der Waals surface area contributed by atoms with Crippen LogP contribution in [0.1, 0.15) is 53.8 Å². The van der Waals surface area contributed by atoms with Gasteiger partial charge in [0.1, 0.15) is 0 Å². The standard InChI is InChI=1S/C15H22ClN3O/c1-11-8-13(12(2)19-18-11)14(20)17-10-15(9-16)6-4-3-5-7-15/h8H,3-7,9-10H2,1-2H3,(H,17,20). The molecule has 0 bridgehead atoms. The first kappa shape index (κ1) is 15.2. The Hall–Kier alpha value is -1.16. The number of carbonyl (C=O) groups excluding carboxylic acids is 1. The van der Waals surface area contributed by atoms with Crippen molar-refractivity contribution in [3.63, 3.8) is 0 Å². The Labute approximate surface area is 125 Å². The maximum Gasteiger partial charge on any atom is 0.253 e. The number of hydrogen-bond acceptors (Lipinski definition) is 3. The van der Waals surface area contributed by atoms with E-state index in [1.165, 1.54) is 19.3 Å².